The van der Waals surface area contributed by atoms with Crippen molar-refractivity contribution in [1.29, 1.82) is 5.26 Å². The van der Waals surface area contributed by atoms with Crippen LogP contribution in [0, 0.1) is 18.3 Å². The SMILES string of the molecule is Cc1ccc(C#N)cc1NC(=O)c1cnc2c(cnn2Cc2ccccc2)c1. The second kappa shape index (κ2) is 7.33. The van der Waals surface area contributed by atoms with Gasteiger partial charge in [-0.05, 0) is 36.2 Å². The molecular weight excluding hydrogens is 350 g/mol. The number of carbonyl (C=O) groups is 1. The molecule has 4 rings (SSSR count). The van der Waals surface area contributed by atoms with Crippen LogP contribution < -0.4 is 5.32 Å². The van der Waals surface area contributed by atoms with Crippen LogP contribution >= 0.6 is 0 Å². The molecule has 28 heavy (non-hydrogen) atoms. The van der Waals surface area contributed by atoms with Gasteiger partial charge in [-0.2, -0.15) is 10.4 Å². The molecule has 1 N–H and O–H groups in total. The number of hydrogen-bond donors (Lipinski definition) is 1. The molecule has 136 valence electrons. The van der Waals surface area contributed by atoms with E-state index in [1.54, 1.807) is 30.6 Å². The normalized spacial score (nSPS) is 10.6. The maximum Gasteiger partial charge on any atom is 0.257 e. The number of nitriles is 1. The molecule has 0 unspecified atom stereocenters. The number of pyridine rings is 1. The lowest BCUT2D eigenvalue weighted by Crippen LogP contribution is -2.13. The Hall–Kier alpha value is -3.98. The summed E-state index contributed by atoms with van der Waals surface area (Å²) in [6, 6.07) is 19.1. The lowest BCUT2D eigenvalue weighted by Gasteiger charge is -2.09. The van der Waals surface area contributed by atoms with Gasteiger partial charge in [-0.1, -0.05) is 36.4 Å². The van der Waals surface area contributed by atoms with E-state index in [1.807, 2.05) is 48.0 Å². The van der Waals surface area contributed by atoms with Gasteiger partial charge in [-0.15, -0.1) is 0 Å². The summed E-state index contributed by atoms with van der Waals surface area (Å²) in [5.41, 5.74) is 4.29. The molecule has 0 aliphatic carbocycles. The highest BCUT2D eigenvalue weighted by Crippen LogP contribution is 2.19. The van der Waals surface area contributed by atoms with Crippen molar-refractivity contribution in [3.63, 3.8) is 0 Å². The van der Waals surface area contributed by atoms with Gasteiger partial charge in [0.1, 0.15) is 0 Å². The van der Waals surface area contributed by atoms with Gasteiger partial charge in [0.05, 0.1) is 29.9 Å². The Bertz CT molecular complexity index is 1200. The second-order valence-corrected chi connectivity index (χ2v) is 6.52. The first-order valence-corrected chi connectivity index (χ1v) is 8.81. The standard InChI is InChI=1S/C22H17N5O/c1-15-7-8-17(11-23)9-20(15)26-22(28)19-10-18-13-25-27(21(18)24-12-19)14-16-5-3-2-4-6-16/h2-10,12-13H,14H2,1H3,(H,26,28). The number of amides is 1. The van der Waals surface area contributed by atoms with Crippen molar-refractivity contribution in [3.8, 4) is 6.07 Å². The highest BCUT2D eigenvalue weighted by Gasteiger charge is 2.12. The molecule has 0 spiro atoms. The van der Waals surface area contributed by atoms with E-state index in [0.29, 0.717) is 23.4 Å². The molecule has 0 aliphatic heterocycles. The minimum atomic E-state index is -0.275. The predicted molar refractivity (Wildman–Crippen MR) is 107 cm³/mol. The first-order chi connectivity index (χ1) is 13.6. The quantitative estimate of drug-likeness (QED) is 0.593. The monoisotopic (exact) mass is 367 g/mol. The van der Waals surface area contributed by atoms with Crippen LogP contribution in [0.25, 0.3) is 11.0 Å². The van der Waals surface area contributed by atoms with Crippen LogP contribution in [0.3, 0.4) is 0 Å². The summed E-state index contributed by atoms with van der Waals surface area (Å²) in [5, 5.41) is 17.1. The first kappa shape index (κ1) is 17.4. The Morgan fingerprint density at radius 3 is 2.75 bits per heavy atom. The Balaban J connectivity index is 1.58. The number of nitrogens with one attached hydrogen (secondary N) is 1. The van der Waals surface area contributed by atoms with Gasteiger partial charge in [0, 0.05) is 17.3 Å². The zero-order chi connectivity index (χ0) is 19.5. The molecular formula is C22H17N5O. The van der Waals surface area contributed by atoms with Gasteiger partial charge in [0.25, 0.3) is 5.91 Å². The minimum absolute atomic E-state index is 0.275. The number of rotatable bonds is 4. The molecule has 6 nitrogen and oxygen atoms in total. The van der Waals surface area contributed by atoms with Crippen LogP contribution in [0.5, 0.6) is 0 Å². The minimum Gasteiger partial charge on any atom is -0.322 e. The Morgan fingerprint density at radius 1 is 1.14 bits per heavy atom. The average molecular weight is 367 g/mol. The van der Waals surface area contributed by atoms with E-state index in [4.69, 9.17) is 5.26 Å². The molecule has 0 saturated carbocycles. The number of carbonyl (C=O) groups excluding carboxylic acids is 1. The predicted octanol–water partition coefficient (Wildman–Crippen LogP) is 3.91. The Kier molecular flexibility index (Phi) is 4.56. The average Bonchev–Trinajstić information content (AvgIpc) is 3.12. The van der Waals surface area contributed by atoms with Crippen LogP contribution in [0.1, 0.15) is 27.0 Å². The van der Waals surface area contributed by atoms with Gasteiger partial charge in [-0.25, -0.2) is 9.67 Å². The molecule has 2 aromatic carbocycles. The van der Waals surface area contributed by atoms with Crippen molar-refractivity contribution < 1.29 is 4.79 Å². The second-order valence-electron chi connectivity index (χ2n) is 6.52. The summed E-state index contributed by atoms with van der Waals surface area (Å²) in [7, 11) is 0. The number of anilines is 1. The van der Waals surface area contributed by atoms with E-state index < -0.39 is 0 Å². The Morgan fingerprint density at radius 2 is 1.96 bits per heavy atom. The van der Waals surface area contributed by atoms with E-state index in [9.17, 15) is 4.79 Å². The smallest absolute Gasteiger partial charge is 0.257 e. The fraction of sp³-hybridized carbons (Fsp3) is 0.0909. The maximum absolute atomic E-state index is 12.6. The van der Waals surface area contributed by atoms with Crippen LogP contribution in [0.15, 0.2) is 67.0 Å². The topological polar surface area (TPSA) is 83.6 Å². The summed E-state index contributed by atoms with van der Waals surface area (Å²) >= 11 is 0. The molecule has 0 radical (unpaired) electrons. The molecule has 0 atom stereocenters. The van der Waals surface area contributed by atoms with E-state index in [0.717, 1.165) is 22.2 Å². The largest absolute Gasteiger partial charge is 0.322 e. The molecule has 0 bridgehead atoms. The molecule has 6 heteroatoms. The molecule has 0 saturated heterocycles. The zero-order valence-corrected chi connectivity index (χ0v) is 15.3. The van der Waals surface area contributed by atoms with E-state index in [-0.39, 0.29) is 5.91 Å². The molecule has 0 aliphatic rings. The van der Waals surface area contributed by atoms with Gasteiger partial charge < -0.3 is 5.32 Å². The highest BCUT2D eigenvalue weighted by atomic mass is 16.1. The van der Waals surface area contributed by atoms with Crippen molar-refractivity contribution >= 4 is 22.6 Å². The van der Waals surface area contributed by atoms with Crippen LogP contribution in [0.2, 0.25) is 0 Å². The molecule has 2 aromatic heterocycles. The van der Waals surface area contributed by atoms with Crippen molar-refractivity contribution in [2.24, 2.45) is 0 Å². The highest BCUT2D eigenvalue weighted by molar-refractivity contribution is 6.06. The molecule has 1 amide bonds. The van der Waals surface area contributed by atoms with Gasteiger partial charge in [0.2, 0.25) is 0 Å². The summed E-state index contributed by atoms with van der Waals surface area (Å²) in [6.45, 7) is 2.49. The fourth-order valence-electron chi connectivity index (χ4n) is 2.99. The number of nitrogens with zero attached hydrogens (tertiary/aromatic N) is 4. The number of aryl methyl sites for hydroxylation is 1. The molecule has 0 fully saturated rings. The van der Waals surface area contributed by atoms with Crippen LogP contribution in [0.4, 0.5) is 5.69 Å². The van der Waals surface area contributed by atoms with Crippen LogP contribution in [-0.2, 0) is 6.54 Å². The van der Waals surface area contributed by atoms with Crippen molar-refractivity contribution in [2.75, 3.05) is 5.32 Å². The third kappa shape index (κ3) is 3.46. The number of fused-ring (bicyclic) bond motifs is 1. The number of aromatic nitrogens is 3. The van der Waals surface area contributed by atoms with E-state index in [2.05, 4.69) is 21.5 Å². The lowest BCUT2D eigenvalue weighted by atomic mass is 10.1. The lowest BCUT2D eigenvalue weighted by molar-refractivity contribution is 0.102. The summed E-state index contributed by atoms with van der Waals surface area (Å²) in [4.78, 5) is 17.1. The van der Waals surface area contributed by atoms with E-state index in [1.165, 1.54) is 0 Å². The molecule has 4 aromatic rings. The van der Waals surface area contributed by atoms with Crippen LogP contribution in [-0.4, -0.2) is 20.7 Å². The maximum atomic E-state index is 12.6. The van der Waals surface area contributed by atoms with E-state index >= 15 is 0 Å². The number of benzene rings is 2. The fourth-order valence-corrected chi connectivity index (χ4v) is 2.99. The third-order valence-electron chi connectivity index (χ3n) is 4.53. The van der Waals surface area contributed by atoms with Gasteiger partial charge in [-0.3, -0.25) is 4.79 Å². The van der Waals surface area contributed by atoms with Crippen molar-refractivity contribution in [1.82, 2.24) is 14.8 Å². The van der Waals surface area contributed by atoms with Gasteiger partial charge >= 0.3 is 0 Å². The summed E-state index contributed by atoms with van der Waals surface area (Å²) in [6.07, 6.45) is 3.26. The summed E-state index contributed by atoms with van der Waals surface area (Å²) in [5.74, 6) is -0.275. The third-order valence-corrected chi connectivity index (χ3v) is 4.53. The number of hydrogen-bond acceptors (Lipinski definition) is 4. The summed E-state index contributed by atoms with van der Waals surface area (Å²) < 4.78 is 1.81. The Labute approximate surface area is 162 Å². The van der Waals surface area contributed by atoms with Crippen molar-refractivity contribution in [2.45, 2.75) is 13.5 Å². The van der Waals surface area contributed by atoms with Gasteiger partial charge in [0.15, 0.2) is 5.65 Å². The van der Waals surface area contributed by atoms with Crippen molar-refractivity contribution in [3.05, 3.63) is 89.2 Å². The zero-order valence-electron chi connectivity index (χ0n) is 15.3. The first-order valence-electron chi connectivity index (χ1n) is 8.81. The molecule has 2 heterocycles.